The summed E-state index contributed by atoms with van der Waals surface area (Å²) in [5.41, 5.74) is 0.894. The minimum absolute atomic E-state index is 0.0985. The quantitative estimate of drug-likeness (QED) is 0.134. The molecule has 1 aromatic rings. The lowest BCUT2D eigenvalue weighted by atomic mass is 9.76. The van der Waals surface area contributed by atoms with Crippen LogP contribution in [0.15, 0.2) is 42.5 Å². The van der Waals surface area contributed by atoms with Crippen molar-refractivity contribution in [2.24, 2.45) is 17.8 Å². The average Bonchev–Trinajstić information content (AvgIpc) is 2.85. The standard InChI is InChI=1S/C26H36N2O9/c1-18(2)21-11-13-22(14-12-21)24(29)27-23(17-20-9-5-4-6-10-20)25(30)34-15-7-8-16-35-26(31)36-19(3)37-28(32)33/h4-10,18-19,21-23H,11-17H2,1-3H3,(H,27,29)/b8-7-/t19?,21?,22?,23-/m1/s1. The Morgan fingerprint density at radius 2 is 1.65 bits per heavy atom. The van der Waals surface area contributed by atoms with Crippen molar-refractivity contribution in [1.82, 2.24) is 5.32 Å². The van der Waals surface area contributed by atoms with Crippen molar-refractivity contribution in [2.75, 3.05) is 13.2 Å². The Morgan fingerprint density at radius 3 is 2.24 bits per heavy atom. The van der Waals surface area contributed by atoms with E-state index < -0.39 is 29.5 Å². The van der Waals surface area contributed by atoms with Crippen LogP contribution in [0, 0.1) is 27.9 Å². The van der Waals surface area contributed by atoms with Gasteiger partial charge in [0.15, 0.2) is 0 Å². The fourth-order valence-corrected chi connectivity index (χ4v) is 4.18. The average molecular weight is 521 g/mol. The van der Waals surface area contributed by atoms with Crippen LogP contribution in [0.5, 0.6) is 0 Å². The van der Waals surface area contributed by atoms with Crippen molar-refractivity contribution in [3.8, 4) is 0 Å². The van der Waals surface area contributed by atoms with Crippen molar-refractivity contribution in [3.05, 3.63) is 58.2 Å². The second kappa shape index (κ2) is 15.5. The van der Waals surface area contributed by atoms with Crippen LogP contribution in [-0.4, -0.2) is 48.7 Å². The molecule has 0 aromatic heterocycles. The number of nitrogens with zero attached hydrogens (tertiary/aromatic N) is 1. The third-order valence-electron chi connectivity index (χ3n) is 6.25. The minimum Gasteiger partial charge on any atom is -0.460 e. The summed E-state index contributed by atoms with van der Waals surface area (Å²) in [4.78, 5) is 51.4. The van der Waals surface area contributed by atoms with E-state index in [-0.39, 0.29) is 25.0 Å². The zero-order valence-electron chi connectivity index (χ0n) is 21.5. The first-order valence-corrected chi connectivity index (χ1v) is 12.5. The predicted molar refractivity (Wildman–Crippen MR) is 132 cm³/mol. The number of hydrogen-bond acceptors (Lipinski definition) is 9. The molecular weight excluding hydrogens is 484 g/mol. The molecule has 0 heterocycles. The molecule has 0 saturated heterocycles. The molecule has 1 unspecified atom stereocenters. The van der Waals surface area contributed by atoms with Gasteiger partial charge in [0.1, 0.15) is 19.3 Å². The molecule has 0 aliphatic heterocycles. The van der Waals surface area contributed by atoms with Crippen LogP contribution in [0.1, 0.15) is 52.0 Å². The smallest absolute Gasteiger partial charge is 0.460 e. The van der Waals surface area contributed by atoms with Crippen LogP contribution in [-0.2, 0) is 35.1 Å². The van der Waals surface area contributed by atoms with Gasteiger partial charge in [-0.1, -0.05) is 44.2 Å². The fourth-order valence-electron chi connectivity index (χ4n) is 4.18. The van der Waals surface area contributed by atoms with Gasteiger partial charge in [0.25, 0.3) is 5.09 Å². The lowest BCUT2D eigenvalue weighted by Crippen LogP contribution is -2.46. The van der Waals surface area contributed by atoms with Crippen LogP contribution in [0.3, 0.4) is 0 Å². The van der Waals surface area contributed by atoms with E-state index in [1.165, 1.54) is 19.1 Å². The van der Waals surface area contributed by atoms with Crippen molar-refractivity contribution in [3.63, 3.8) is 0 Å². The number of esters is 1. The van der Waals surface area contributed by atoms with Gasteiger partial charge in [0.2, 0.25) is 12.2 Å². The summed E-state index contributed by atoms with van der Waals surface area (Å²) >= 11 is 0. The highest BCUT2D eigenvalue weighted by atomic mass is 17.0. The monoisotopic (exact) mass is 520 g/mol. The predicted octanol–water partition coefficient (Wildman–Crippen LogP) is 3.98. The van der Waals surface area contributed by atoms with E-state index in [4.69, 9.17) is 9.47 Å². The fraction of sp³-hybridized carbons (Fsp3) is 0.577. The second-order valence-corrected chi connectivity index (χ2v) is 9.28. The zero-order valence-corrected chi connectivity index (χ0v) is 21.5. The molecule has 0 bridgehead atoms. The number of benzene rings is 1. The number of ether oxygens (including phenoxy) is 3. The topological polar surface area (TPSA) is 143 Å². The van der Waals surface area contributed by atoms with Crippen molar-refractivity contribution >= 4 is 18.0 Å². The largest absolute Gasteiger partial charge is 0.510 e. The van der Waals surface area contributed by atoms with Gasteiger partial charge < -0.3 is 19.5 Å². The van der Waals surface area contributed by atoms with Gasteiger partial charge in [-0.2, -0.15) is 0 Å². The Hall–Kier alpha value is -3.63. The van der Waals surface area contributed by atoms with E-state index in [1.807, 2.05) is 30.3 Å². The van der Waals surface area contributed by atoms with Crippen molar-refractivity contribution in [2.45, 2.75) is 65.2 Å². The summed E-state index contributed by atoms with van der Waals surface area (Å²) in [6.07, 6.45) is 4.27. The van der Waals surface area contributed by atoms with Gasteiger partial charge in [-0.25, -0.2) is 9.59 Å². The van der Waals surface area contributed by atoms with Gasteiger partial charge in [-0.3, -0.25) is 9.63 Å². The zero-order chi connectivity index (χ0) is 27.2. The van der Waals surface area contributed by atoms with Crippen LogP contribution in [0.25, 0.3) is 0 Å². The molecular formula is C26H36N2O9. The van der Waals surface area contributed by atoms with Gasteiger partial charge in [-0.15, -0.1) is 10.1 Å². The summed E-state index contributed by atoms with van der Waals surface area (Å²) in [7, 11) is 0. The van der Waals surface area contributed by atoms with Crippen LogP contribution < -0.4 is 5.32 Å². The lowest BCUT2D eigenvalue weighted by Gasteiger charge is -2.31. The first-order chi connectivity index (χ1) is 17.7. The molecule has 0 radical (unpaired) electrons. The lowest BCUT2D eigenvalue weighted by molar-refractivity contribution is -0.777. The maximum absolute atomic E-state index is 13.0. The molecule has 1 amide bonds. The summed E-state index contributed by atoms with van der Waals surface area (Å²) in [6.45, 7) is 5.28. The van der Waals surface area contributed by atoms with Crippen LogP contribution in [0.2, 0.25) is 0 Å². The molecule has 1 aromatic carbocycles. The maximum Gasteiger partial charge on any atom is 0.510 e. The third-order valence-corrected chi connectivity index (χ3v) is 6.25. The second-order valence-electron chi connectivity index (χ2n) is 9.28. The molecule has 11 nitrogen and oxygen atoms in total. The molecule has 0 spiro atoms. The van der Waals surface area contributed by atoms with Crippen molar-refractivity contribution in [1.29, 1.82) is 0 Å². The van der Waals surface area contributed by atoms with E-state index in [0.29, 0.717) is 18.3 Å². The number of carbonyl (C=O) groups is 3. The van der Waals surface area contributed by atoms with E-state index in [1.54, 1.807) is 0 Å². The summed E-state index contributed by atoms with van der Waals surface area (Å²) in [6, 6.07) is 8.54. The number of nitrogens with one attached hydrogen (secondary N) is 1. The SMILES string of the molecule is CC(OC(=O)OC/C=C\COC(=O)[C@@H](Cc1ccccc1)NC(=O)C1CCC(C(C)C)CC1)O[N+](=O)[O-]. The normalized spacial score (nSPS) is 19.0. The Morgan fingerprint density at radius 1 is 1.03 bits per heavy atom. The van der Waals surface area contributed by atoms with Gasteiger partial charge >= 0.3 is 12.1 Å². The minimum atomic E-state index is -1.41. The molecule has 2 rings (SSSR count). The number of carbonyl (C=O) groups excluding carboxylic acids is 3. The highest BCUT2D eigenvalue weighted by Crippen LogP contribution is 2.33. The Labute approximate surface area is 216 Å². The van der Waals surface area contributed by atoms with Gasteiger partial charge in [0.05, 0.1) is 0 Å². The summed E-state index contributed by atoms with van der Waals surface area (Å²) in [5, 5.41) is 12.0. The van der Waals surface area contributed by atoms with Crippen molar-refractivity contribution < 1.29 is 38.5 Å². The maximum atomic E-state index is 13.0. The van der Waals surface area contributed by atoms with E-state index >= 15 is 0 Å². The molecule has 1 N–H and O–H groups in total. The molecule has 11 heteroatoms. The molecule has 1 fully saturated rings. The Bertz CT molecular complexity index is 912. The third kappa shape index (κ3) is 11.3. The first-order valence-electron chi connectivity index (χ1n) is 12.5. The van der Waals surface area contributed by atoms with Crippen LogP contribution >= 0.6 is 0 Å². The highest BCUT2D eigenvalue weighted by molar-refractivity contribution is 5.86. The highest BCUT2D eigenvalue weighted by Gasteiger charge is 2.31. The Balaban J connectivity index is 1.83. The molecule has 1 aliphatic carbocycles. The van der Waals surface area contributed by atoms with Gasteiger partial charge in [0, 0.05) is 12.3 Å². The molecule has 1 saturated carbocycles. The molecule has 1 aliphatic rings. The first kappa shape index (κ1) is 29.6. The number of amides is 1. The number of hydrogen-bond donors (Lipinski definition) is 1. The van der Waals surface area contributed by atoms with E-state index in [9.17, 15) is 24.5 Å². The van der Waals surface area contributed by atoms with Crippen LogP contribution in [0.4, 0.5) is 4.79 Å². The summed E-state index contributed by atoms with van der Waals surface area (Å²) < 4.78 is 14.6. The van der Waals surface area contributed by atoms with E-state index in [0.717, 1.165) is 31.2 Å². The Kier molecular flexibility index (Phi) is 12.4. The number of rotatable bonds is 13. The summed E-state index contributed by atoms with van der Waals surface area (Å²) in [5.74, 6) is 0.419. The molecule has 2 atom stereocenters. The van der Waals surface area contributed by atoms with E-state index in [2.05, 4.69) is 28.7 Å². The molecule has 204 valence electrons. The molecule has 37 heavy (non-hydrogen) atoms. The van der Waals surface area contributed by atoms with Gasteiger partial charge in [-0.05, 0) is 62.2 Å².